The van der Waals surface area contributed by atoms with Crippen molar-refractivity contribution in [1.29, 1.82) is 0 Å². The molecule has 0 amide bonds. The molecule has 0 saturated carbocycles. The van der Waals surface area contributed by atoms with Crippen molar-refractivity contribution in [2.24, 2.45) is 5.73 Å². The van der Waals surface area contributed by atoms with E-state index < -0.39 is 0 Å². The average Bonchev–Trinajstić information content (AvgIpc) is 2.39. The van der Waals surface area contributed by atoms with Crippen molar-refractivity contribution in [2.75, 3.05) is 0 Å². The highest BCUT2D eigenvalue weighted by Gasteiger charge is 2.08. The minimum absolute atomic E-state index is 0.0910. The molecule has 0 aliphatic heterocycles. The maximum absolute atomic E-state index is 6.16. The van der Waals surface area contributed by atoms with Gasteiger partial charge in [-0.1, -0.05) is 47.0 Å². The molecule has 2 nitrogen and oxygen atoms in total. The Morgan fingerprint density at radius 3 is 2.52 bits per heavy atom. The Kier molecular flexibility index (Phi) is 5.51. The van der Waals surface area contributed by atoms with Gasteiger partial charge in [-0.05, 0) is 44.0 Å². The Morgan fingerprint density at radius 1 is 1.10 bits per heavy atom. The first kappa shape index (κ1) is 16.2. The molecule has 0 spiro atoms. The number of aryl methyl sites for hydroxylation is 1. The fraction of sp³-hybridized carbons (Fsp3) is 0.294. The standard InChI is InChI=1S/C17H19Cl2NO/c1-11-3-6-17(14(7-11)8-12(2)20)21-10-13-4-5-15(18)9-16(13)19/h3-7,9,12H,8,10,20H2,1-2H3. The summed E-state index contributed by atoms with van der Waals surface area (Å²) in [6.07, 6.45) is 0.783. The predicted octanol–water partition coefficient (Wildman–Crippen LogP) is 4.77. The van der Waals surface area contributed by atoms with Crippen LogP contribution in [0.2, 0.25) is 10.0 Å². The van der Waals surface area contributed by atoms with Gasteiger partial charge in [0.2, 0.25) is 0 Å². The van der Waals surface area contributed by atoms with Crippen LogP contribution < -0.4 is 10.5 Å². The van der Waals surface area contributed by atoms with Crippen LogP contribution in [0.5, 0.6) is 5.75 Å². The summed E-state index contributed by atoms with van der Waals surface area (Å²) in [7, 11) is 0. The summed E-state index contributed by atoms with van der Waals surface area (Å²) in [5.41, 5.74) is 9.13. The van der Waals surface area contributed by atoms with Gasteiger partial charge >= 0.3 is 0 Å². The Morgan fingerprint density at radius 2 is 1.86 bits per heavy atom. The second-order valence-electron chi connectivity index (χ2n) is 5.32. The Bertz CT molecular complexity index is 626. The molecule has 0 bridgehead atoms. The largest absolute Gasteiger partial charge is 0.489 e. The van der Waals surface area contributed by atoms with E-state index in [0.29, 0.717) is 16.7 Å². The van der Waals surface area contributed by atoms with Crippen LogP contribution in [0, 0.1) is 6.92 Å². The van der Waals surface area contributed by atoms with Crippen molar-refractivity contribution >= 4 is 23.2 Å². The summed E-state index contributed by atoms with van der Waals surface area (Å²) < 4.78 is 5.92. The summed E-state index contributed by atoms with van der Waals surface area (Å²) in [5.74, 6) is 0.851. The van der Waals surface area contributed by atoms with Crippen LogP contribution in [0.1, 0.15) is 23.6 Å². The van der Waals surface area contributed by atoms with Crippen LogP contribution in [0.3, 0.4) is 0 Å². The van der Waals surface area contributed by atoms with Crippen molar-refractivity contribution in [3.63, 3.8) is 0 Å². The fourth-order valence-corrected chi connectivity index (χ4v) is 2.61. The number of nitrogens with two attached hydrogens (primary N) is 1. The van der Waals surface area contributed by atoms with E-state index in [4.69, 9.17) is 33.7 Å². The van der Waals surface area contributed by atoms with Gasteiger partial charge in [-0.15, -0.1) is 0 Å². The number of benzene rings is 2. The highest BCUT2D eigenvalue weighted by Crippen LogP contribution is 2.25. The van der Waals surface area contributed by atoms with Gasteiger partial charge < -0.3 is 10.5 Å². The topological polar surface area (TPSA) is 35.2 Å². The van der Waals surface area contributed by atoms with Gasteiger partial charge in [0.25, 0.3) is 0 Å². The van der Waals surface area contributed by atoms with Crippen molar-refractivity contribution in [3.05, 3.63) is 63.1 Å². The van der Waals surface area contributed by atoms with Crippen LogP contribution in [-0.2, 0) is 13.0 Å². The van der Waals surface area contributed by atoms with Crippen molar-refractivity contribution in [1.82, 2.24) is 0 Å². The van der Waals surface area contributed by atoms with E-state index in [0.717, 1.165) is 23.3 Å². The SMILES string of the molecule is Cc1ccc(OCc2ccc(Cl)cc2Cl)c(CC(C)N)c1. The maximum atomic E-state index is 6.16. The molecule has 2 N–H and O–H groups in total. The van der Waals surface area contributed by atoms with Crippen LogP contribution in [0.15, 0.2) is 36.4 Å². The Hall–Kier alpha value is -1.22. The lowest BCUT2D eigenvalue weighted by molar-refractivity contribution is 0.302. The fourth-order valence-electron chi connectivity index (χ4n) is 2.15. The van der Waals surface area contributed by atoms with E-state index in [1.54, 1.807) is 6.07 Å². The van der Waals surface area contributed by atoms with E-state index >= 15 is 0 Å². The molecule has 0 saturated heterocycles. The second kappa shape index (κ2) is 7.17. The number of hydrogen-bond donors (Lipinski definition) is 1. The smallest absolute Gasteiger partial charge is 0.123 e. The van der Waals surface area contributed by atoms with Gasteiger partial charge in [0, 0.05) is 21.7 Å². The van der Waals surface area contributed by atoms with E-state index in [-0.39, 0.29) is 6.04 Å². The molecule has 2 aromatic rings. The summed E-state index contributed by atoms with van der Waals surface area (Å²) in [5, 5.41) is 1.24. The molecule has 0 fully saturated rings. The minimum Gasteiger partial charge on any atom is -0.489 e. The molecule has 1 atom stereocenters. The summed E-state index contributed by atoms with van der Waals surface area (Å²) in [6, 6.07) is 11.6. The number of ether oxygens (including phenoxy) is 1. The zero-order valence-corrected chi connectivity index (χ0v) is 13.7. The third-order valence-electron chi connectivity index (χ3n) is 3.16. The lowest BCUT2D eigenvalue weighted by Gasteiger charge is -2.14. The molecule has 4 heteroatoms. The van der Waals surface area contributed by atoms with Crippen LogP contribution in [0.4, 0.5) is 0 Å². The van der Waals surface area contributed by atoms with Crippen molar-refractivity contribution in [3.8, 4) is 5.75 Å². The third kappa shape index (κ3) is 4.63. The van der Waals surface area contributed by atoms with Crippen LogP contribution in [0.25, 0.3) is 0 Å². The molecule has 0 aliphatic rings. The quantitative estimate of drug-likeness (QED) is 0.860. The van der Waals surface area contributed by atoms with E-state index in [1.807, 2.05) is 31.2 Å². The first-order chi connectivity index (χ1) is 9.95. The maximum Gasteiger partial charge on any atom is 0.123 e. The first-order valence-electron chi connectivity index (χ1n) is 6.87. The average molecular weight is 324 g/mol. The second-order valence-corrected chi connectivity index (χ2v) is 6.16. The van der Waals surface area contributed by atoms with Gasteiger partial charge in [-0.25, -0.2) is 0 Å². The number of rotatable bonds is 5. The van der Waals surface area contributed by atoms with Gasteiger partial charge in [0.05, 0.1) is 0 Å². The summed E-state index contributed by atoms with van der Waals surface area (Å²) in [6.45, 7) is 4.46. The molecule has 2 aromatic carbocycles. The molecular weight excluding hydrogens is 305 g/mol. The molecule has 0 radical (unpaired) electrons. The van der Waals surface area contributed by atoms with Gasteiger partial charge in [0.1, 0.15) is 12.4 Å². The molecule has 2 rings (SSSR count). The molecular formula is C17H19Cl2NO. The van der Waals surface area contributed by atoms with Gasteiger partial charge in [-0.3, -0.25) is 0 Å². The molecule has 1 unspecified atom stereocenters. The monoisotopic (exact) mass is 323 g/mol. The van der Waals surface area contributed by atoms with E-state index in [1.165, 1.54) is 5.56 Å². The molecule has 21 heavy (non-hydrogen) atoms. The number of halogens is 2. The van der Waals surface area contributed by atoms with Crippen molar-refractivity contribution < 1.29 is 4.74 Å². The van der Waals surface area contributed by atoms with Crippen molar-refractivity contribution in [2.45, 2.75) is 32.9 Å². The predicted molar refractivity (Wildman–Crippen MR) is 89.3 cm³/mol. The lowest BCUT2D eigenvalue weighted by atomic mass is 10.0. The van der Waals surface area contributed by atoms with E-state index in [9.17, 15) is 0 Å². The van der Waals surface area contributed by atoms with Gasteiger partial charge in [-0.2, -0.15) is 0 Å². The van der Waals surface area contributed by atoms with E-state index in [2.05, 4.69) is 13.0 Å². The normalized spacial score (nSPS) is 12.2. The zero-order valence-electron chi connectivity index (χ0n) is 12.2. The Labute approximate surface area is 135 Å². The number of hydrogen-bond acceptors (Lipinski definition) is 2. The summed E-state index contributed by atoms with van der Waals surface area (Å²) >= 11 is 12.1. The Balaban J connectivity index is 2.15. The highest BCUT2D eigenvalue weighted by atomic mass is 35.5. The zero-order chi connectivity index (χ0) is 15.4. The summed E-state index contributed by atoms with van der Waals surface area (Å²) in [4.78, 5) is 0. The lowest BCUT2D eigenvalue weighted by Crippen LogP contribution is -2.18. The molecule has 0 aliphatic carbocycles. The highest BCUT2D eigenvalue weighted by molar-refractivity contribution is 6.35. The first-order valence-corrected chi connectivity index (χ1v) is 7.63. The molecule has 0 aromatic heterocycles. The van der Waals surface area contributed by atoms with Crippen LogP contribution >= 0.6 is 23.2 Å². The third-order valence-corrected chi connectivity index (χ3v) is 3.74. The van der Waals surface area contributed by atoms with Crippen LogP contribution in [-0.4, -0.2) is 6.04 Å². The minimum atomic E-state index is 0.0910. The molecule has 112 valence electrons. The van der Waals surface area contributed by atoms with Gasteiger partial charge in [0.15, 0.2) is 0 Å². The molecule has 0 heterocycles.